The number of carbonyl (C=O) groups is 2. The van der Waals surface area contributed by atoms with Crippen molar-refractivity contribution in [1.82, 2.24) is 9.21 Å². The summed E-state index contributed by atoms with van der Waals surface area (Å²) in [7, 11) is -4.68. The summed E-state index contributed by atoms with van der Waals surface area (Å²) in [6, 6.07) is -0.415. The molecule has 4 amide bonds. The zero-order valence-corrected chi connectivity index (χ0v) is 12.1. The molecule has 1 aromatic rings. The molecule has 0 aliphatic carbocycles. The molecule has 0 unspecified atom stereocenters. The molecule has 0 spiro atoms. The third-order valence-corrected chi connectivity index (χ3v) is 4.53. The Morgan fingerprint density at radius 3 is 2.76 bits per heavy atom. The average molecular weight is 332 g/mol. The predicted octanol–water partition coefficient (Wildman–Crippen LogP) is 0.473. The van der Waals surface area contributed by atoms with Crippen LogP contribution in [0, 0.1) is 0 Å². The minimum absolute atomic E-state index is 0.00162. The largest absolute Gasteiger partial charge is 0.363 e. The van der Waals surface area contributed by atoms with Gasteiger partial charge in [-0.1, -0.05) is 0 Å². The van der Waals surface area contributed by atoms with E-state index in [0.29, 0.717) is 15.5 Å². The molecule has 1 aliphatic heterocycles. The Bertz CT molecular complexity index is 683. The van der Waals surface area contributed by atoms with Gasteiger partial charge in [0.05, 0.1) is 25.2 Å². The Morgan fingerprint density at radius 2 is 2.19 bits per heavy atom. The number of anilines is 1. The minimum Gasteiger partial charge on any atom is -0.306 e. The van der Waals surface area contributed by atoms with E-state index in [9.17, 15) is 22.8 Å². The van der Waals surface area contributed by atoms with Crippen molar-refractivity contribution in [2.45, 2.75) is 6.42 Å². The zero-order valence-electron chi connectivity index (χ0n) is 10.5. The molecule has 1 radical (unpaired) electrons. The summed E-state index contributed by atoms with van der Waals surface area (Å²) in [5.41, 5.74) is 0.353. The first-order valence-corrected chi connectivity index (χ1v) is 7.91. The lowest BCUT2D eigenvalue weighted by atomic mass is 10.3. The van der Waals surface area contributed by atoms with Crippen molar-refractivity contribution in [2.75, 3.05) is 18.4 Å². The Morgan fingerprint density at radius 1 is 1.48 bits per heavy atom. The third kappa shape index (κ3) is 3.20. The van der Waals surface area contributed by atoms with E-state index in [2.05, 4.69) is 5.32 Å². The van der Waals surface area contributed by atoms with Gasteiger partial charge in [-0.05, 0) is 11.4 Å². The quantitative estimate of drug-likeness (QED) is 0.773. The highest BCUT2D eigenvalue weighted by atomic mass is 32.2. The number of amides is 4. The number of hydrogen-bond donors (Lipinski definition) is 2. The second-order valence-electron chi connectivity index (χ2n) is 3.99. The normalized spacial score (nSPS) is 15.4. The van der Waals surface area contributed by atoms with Crippen LogP contribution in [-0.2, 0) is 21.5 Å². The van der Waals surface area contributed by atoms with Gasteiger partial charge in [-0.25, -0.2) is 14.5 Å². The highest BCUT2D eigenvalue weighted by Crippen LogP contribution is 2.23. The summed E-state index contributed by atoms with van der Waals surface area (Å²) in [4.78, 5) is 35.3. The molecule has 113 valence electrons. The molecule has 0 bridgehead atoms. The monoisotopic (exact) mass is 332 g/mol. The van der Waals surface area contributed by atoms with Gasteiger partial charge in [-0.15, -0.1) is 11.3 Å². The van der Waals surface area contributed by atoms with E-state index in [1.54, 1.807) is 17.7 Å². The van der Waals surface area contributed by atoms with Gasteiger partial charge >= 0.3 is 22.4 Å². The third-order valence-electron chi connectivity index (χ3n) is 2.71. The number of rotatable bonds is 4. The molecule has 21 heavy (non-hydrogen) atoms. The van der Waals surface area contributed by atoms with Crippen molar-refractivity contribution < 1.29 is 27.4 Å². The van der Waals surface area contributed by atoms with Crippen LogP contribution in [0.5, 0.6) is 0 Å². The van der Waals surface area contributed by atoms with Crippen LogP contribution < -0.4 is 5.32 Å². The lowest BCUT2D eigenvalue weighted by Gasteiger charge is -2.15. The van der Waals surface area contributed by atoms with Crippen molar-refractivity contribution in [3.05, 3.63) is 16.3 Å². The van der Waals surface area contributed by atoms with Gasteiger partial charge < -0.3 is 5.32 Å². The van der Waals surface area contributed by atoms with Gasteiger partial charge in [0.25, 0.3) is 0 Å². The van der Waals surface area contributed by atoms with Gasteiger partial charge in [0.15, 0.2) is 0 Å². The van der Waals surface area contributed by atoms with E-state index in [0.717, 1.165) is 0 Å². The van der Waals surface area contributed by atoms with Gasteiger partial charge in [-0.2, -0.15) is 12.7 Å². The molecule has 1 aliphatic rings. The minimum atomic E-state index is -4.68. The maximum absolute atomic E-state index is 11.9. The van der Waals surface area contributed by atoms with Crippen molar-refractivity contribution in [3.8, 4) is 0 Å². The molecule has 11 heteroatoms. The Balaban J connectivity index is 2.10. The zero-order chi connectivity index (χ0) is 15.6. The number of hydrogen-bond acceptors (Lipinski definition) is 6. The van der Waals surface area contributed by atoms with Crippen LogP contribution in [0.3, 0.4) is 0 Å². The van der Waals surface area contributed by atoms with E-state index in [-0.39, 0.29) is 23.8 Å². The van der Waals surface area contributed by atoms with E-state index in [4.69, 9.17) is 4.55 Å². The van der Waals surface area contributed by atoms with Gasteiger partial charge in [-0.3, -0.25) is 9.35 Å². The van der Waals surface area contributed by atoms with Crippen LogP contribution in [0.4, 0.5) is 15.3 Å². The molecular formula is C10H10N3O6S2. The fourth-order valence-electron chi connectivity index (χ4n) is 1.76. The van der Waals surface area contributed by atoms with Crippen LogP contribution in [0.25, 0.3) is 0 Å². The first-order chi connectivity index (χ1) is 9.84. The number of carbonyl (C=O) groups excluding carboxylic acids is 3. The molecule has 0 atom stereocenters. The fourth-order valence-corrected chi connectivity index (χ4v) is 3.12. The van der Waals surface area contributed by atoms with Gasteiger partial charge in [0.1, 0.15) is 0 Å². The number of imide groups is 1. The molecule has 1 aromatic heterocycles. The summed E-state index contributed by atoms with van der Waals surface area (Å²) < 4.78 is 30.9. The maximum Gasteiger partial charge on any atom is 0.363 e. The molecular weight excluding hydrogens is 322 g/mol. The highest BCUT2D eigenvalue weighted by molar-refractivity contribution is 7.84. The Kier molecular flexibility index (Phi) is 4.25. The fraction of sp³-hybridized carbons (Fsp3) is 0.300. The van der Waals surface area contributed by atoms with Crippen molar-refractivity contribution in [1.29, 1.82) is 0 Å². The Labute approximate surface area is 124 Å². The van der Waals surface area contributed by atoms with Crippen LogP contribution in [-0.4, -0.2) is 53.6 Å². The standard InChI is InChI=1S/C10H10N3O6S2/c14-5-1-8-7(2-6-20-8)11-9(15)12-3-4-13(10(12)16)21(17,18)19/h2,6H,1,3-4H2,(H,11,15)(H,17,18,19). The highest BCUT2D eigenvalue weighted by Gasteiger charge is 2.39. The van der Waals surface area contributed by atoms with Crippen molar-refractivity contribution in [2.24, 2.45) is 0 Å². The second-order valence-corrected chi connectivity index (χ2v) is 6.33. The van der Waals surface area contributed by atoms with Gasteiger partial charge in [0, 0.05) is 4.88 Å². The second kappa shape index (κ2) is 5.79. The molecule has 9 nitrogen and oxygen atoms in total. The van der Waals surface area contributed by atoms with E-state index >= 15 is 0 Å². The van der Waals surface area contributed by atoms with Crippen molar-refractivity contribution >= 4 is 45.7 Å². The lowest BCUT2D eigenvalue weighted by molar-refractivity contribution is 0.200. The number of nitrogens with zero attached hydrogens (tertiary/aromatic N) is 2. The lowest BCUT2D eigenvalue weighted by Crippen LogP contribution is -2.40. The summed E-state index contributed by atoms with van der Waals surface area (Å²) in [6.07, 6.45) is 1.70. The Hall–Kier alpha value is -1.98. The molecule has 0 saturated carbocycles. The maximum atomic E-state index is 11.9. The molecule has 2 rings (SSSR count). The van der Waals surface area contributed by atoms with Crippen LogP contribution in [0.1, 0.15) is 4.88 Å². The molecule has 2 heterocycles. The number of nitrogens with one attached hydrogen (secondary N) is 1. The summed E-state index contributed by atoms with van der Waals surface area (Å²) in [5.74, 6) is 0. The summed E-state index contributed by atoms with van der Waals surface area (Å²) in [6.45, 7) is -0.493. The van der Waals surface area contributed by atoms with Gasteiger partial charge in [0.2, 0.25) is 6.29 Å². The SMILES string of the molecule is O=[C]Cc1sccc1NC(=O)N1CCN(S(=O)(=O)O)C1=O. The van der Waals surface area contributed by atoms with Crippen LogP contribution >= 0.6 is 11.3 Å². The van der Waals surface area contributed by atoms with Crippen LogP contribution in [0.15, 0.2) is 11.4 Å². The van der Waals surface area contributed by atoms with E-state index < -0.39 is 22.4 Å². The summed E-state index contributed by atoms with van der Waals surface area (Å²) in [5, 5.41) is 4.07. The van der Waals surface area contributed by atoms with E-state index in [1.165, 1.54) is 11.3 Å². The van der Waals surface area contributed by atoms with Crippen molar-refractivity contribution in [3.63, 3.8) is 0 Å². The predicted molar refractivity (Wildman–Crippen MR) is 73.1 cm³/mol. The van der Waals surface area contributed by atoms with Crippen LogP contribution in [0.2, 0.25) is 0 Å². The number of urea groups is 2. The smallest absolute Gasteiger partial charge is 0.306 e. The molecule has 0 aromatic carbocycles. The van der Waals surface area contributed by atoms with E-state index in [1.807, 2.05) is 0 Å². The molecule has 1 fully saturated rings. The molecule has 1 saturated heterocycles. The number of thiophene rings is 1. The first kappa shape index (κ1) is 15.4. The topological polar surface area (TPSA) is 124 Å². The average Bonchev–Trinajstić information content (AvgIpc) is 2.96. The first-order valence-electron chi connectivity index (χ1n) is 5.63. The summed E-state index contributed by atoms with van der Waals surface area (Å²) >= 11 is 1.24. The molecule has 2 N–H and O–H groups in total.